The van der Waals surface area contributed by atoms with Gasteiger partial charge in [0, 0.05) is 16.3 Å². The number of amides is 1. The van der Waals surface area contributed by atoms with Crippen molar-refractivity contribution in [2.45, 2.75) is 6.54 Å². The van der Waals surface area contributed by atoms with Crippen molar-refractivity contribution in [2.75, 3.05) is 0 Å². The molecule has 8 heteroatoms. The first-order chi connectivity index (χ1) is 17.0. The first-order valence-electron chi connectivity index (χ1n) is 10.8. The molecule has 0 saturated carbocycles. The number of fused-ring (bicyclic) bond motifs is 2. The van der Waals surface area contributed by atoms with Gasteiger partial charge in [-0.05, 0) is 48.5 Å². The van der Waals surface area contributed by atoms with Gasteiger partial charge in [-0.2, -0.15) is 5.10 Å². The zero-order chi connectivity index (χ0) is 24.4. The number of hydrogen-bond donors (Lipinski definition) is 2. The molecule has 0 fully saturated rings. The lowest BCUT2D eigenvalue weighted by Crippen LogP contribution is -2.25. The van der Waals surface area contributed by atoms with Crippen LogP contribution in [0.15, 0.2) is 99.2 Å². The number of carbonyl (C=O) groups is 2. The maximum Gasteiger partial charge on any atom is 0.335 e. The molecule has 0 atom stereocenters. The summed E-state index contributed by atoms with van der Waals surface area (Å²) in [4.78, 5) is 36.5. The van der Waals surface area contributed by atoms with Crippen LogP contribution in [0.25, 0.3) is 33.1 Å². The van der Waals surface area contributed by atoms with Gasteiger partial charge in [0.1, 0.15) is 18.1 Å². The van der Waals surface area contributed by atoms with Crippen molar-refractivity contribution < 1.29 is 19.1 Å². The minimum absolute atomic E-state index is 0.0298. The highest BCUT2D eigenvalue weighted by molar-refractivity contribution is 5.95. The smallest absolute Gasteiger partial charge is 0.335 e. The van der Waals surface area contributed by atoms with E-state index in [0.29, 0.717) is 33.3 Å². The molecule has 0 unspecified atom stereocenters. The average Bonchev–Trinajstić information content (AvgIpc) is 3.35. The zero-order valence-corrected chi connectivity index (χ0v) is 18.3. The molecule has 5 rings (SSSR count). The van der Waals surface area contributed by atoms with Gasteiger partial charge in [0.25, 0.3) is 5.91 Å². The number of pyridine rings is 1. The summed E-state index contributed by atoms with van der Waals surface area (Å²) < 4.78 is 7.51. The molecule has 1 amide bonds. The number of benzene rings is 3. The van der Waals surface area contributed by atoms with Crippen LogP contribution >= 0.6 is 0 Å². The van der Waals surface area contributed by atoms with Crippen LogP contribution in [0.2, 0.25) is 0 Å². The monoisotopic (exact) mass is 465 g/mol. The van der Waals surface area contributed by atoms with Crippen LogP contribution in [0.4, 0.5) is 0 Å². The fraction of sp³-hybridized carbons (Fsp3) is 0.0370. The van der Waals surface area contributed by atoms with E-state index >= 15 is 0 Å². The van der Waals surface area contributed by atoms with Crippen LogP contribution in [0, 0.1) is 0 Å². The summed E-state index contributed by atoms with van der Waals surface area (Å²) in [7, 11) is 0. The Morgan fingerprint density at radius 3 is 2.14 bits per heavy atom. The van der Waals surface area contributed by atoms with E-state index in [4.69, 9.17) is 9.52 Å². The molecule has 8 nitrogen and oxygen atoms in total. The molecule has 172 valence electrons. The van der Waals surface area contributed by atoms with Gasteiger partial charge in [-0.15, -0.1) is 0 Å². The SMILES string of the molecule is O=C(Cn1c2ccccc2c(=O)c2ccccc21)N/N=C\c1ccc(-c2ccc(C(=O)O)cc2)o1. The van der Waals surface area contributed by atoms with E-state index in [1.165, 1.54) is 18.3 Å². The van der Waals surface area contributed by atoms with Gasteiger partial charge in [0.05, 0.1) is 22.8 Å². The lowest BCUT2D eigenvalue weighted by molar-refractivity contribution is -0.121. The second kappa shape index (κ2) is 9.11. The Morgan fingerprint density at radius 2 is 1.51 bits per heavy atom. The number of carboxylic acids is 1. The minimum atomic E-state index is -0.998. The first-order valence-corrected chi connectivity index (χ1v) is 10.8. The minimum Gasteiger partial charge on any atom is -0.478 e. The van der Waals surface area contributed by atoms with Crippen molar-refractivity contribution in [2.24, 2.45) is 5.10 Å². The van der Waals surface area contributed by atoms with Gasteiger partial charge in [0.15, 0.2) is 5.43 Å². The van der Waals surface area contributed by atoms with E-state index in [-0.39, 0.29) is 23.4 Å². The van der Waals surface area contributed by atoms with Crippen molar-refractivity contribution in [3.8, 4) is 11.3 Å². The summed E-state index contributed by atoms with van der Waals surface area (Å²) in [5, 5.41) is 14.1. The second-order valence-electron chi connectivity index (χ2n) is 7.83. The Labute approximate surface area is 198 Å². The molecule has 35 heavy (non-hydrogen) atoms. The topological polar surface area (TPSA) is 114 Å². The fourth-order valence-electron chi connectivity index (χ4n) is 3.95. The standard InChI is InChI=1S/C27H19N3O5/c31-25(16-30-22-7-3-1-5-20(22)26(32)21-6-2-4-8-23(21)30)29-28-15-19-13-14-24(35-19)17-9-11-18(12-10-17)27(33)34/h1-15H,16H2,(H,29,31)(H,33,34)/b28-15-. The number of hydrogen-bond acceptors (Lipinski definition) is 5. The molecule has 0 aliphatic carbocycles. The largest absolute Gasteiger partial charge is 0.478 e. The number of aromatic nitrogens is 1. The third kappa shape index (κ3) is 4.32. The van der Waals surface area contributed by atoms with Crippen molar-refractivity contribution >= 4 is 39.9 Å². The number of carbonyl (C=O) groups excluding carboxylic acids is 1. The molecule has 0 spiro atoms. The van der Waals surface area contributed by atoms with Crippen LogP contribution in [0.1, 0.15) is 16.1 Å². The molecule has 2 aromatic heterocycles. The summed E-state index contributed by atoms with van der Waals surface area (Å²) in [6.07, 6.45) is 1.38. The average molecular weight is 465 g/mol. The molecule has 0 aliphatic heterocycles. The van der Waals surface area contributed by atoms with Crippen LogP contribution < -0.4 is 10.9 Å². The van der Waals surface area contributed by atoms with Gasteiger partial charge in [-0.1, -0.05) is 36.4 Å². The van der Waals surface area contributed by atoms with Gasteiger partial charge in [-0.25, -0.2) is 10.2 Å². The van der Waals surface area contributed by atoms with Crippen molar-refractivity contribution in [3.63, 3.8) is 0 Å². The Kier molecular flexibility index (Phi) is 5.68. The van der Waals surface area contributed by atoms with Gasteiger partial charge in [-0.3, -0.25) is 9.59 Å². The third-order valence-electron chi connectivity index (χ3n) is 5.60. The van der Waals surface area contributed by atoms with Gasteiger partial charge >= 0.3 is 5.97 Å². The molecule has 2 N–H and O–H groups in total. The lowest BCUT2D eigenvalue weighted by atomic mass is 10.1. The van der Waals surface area contributed by atoms with Crippen LogP contribution in [0.3, 0.4) is 0 Å². The van der Waals surface area contributed by atoms with Gasteiger partial charge in [0.2, 0.25) is 0 Å². The number of carboxylic acid groups (broad SMARTS) is 1. The summed E-state index contributed by atoms with van der Waals surface area (Å²) in [5.41, 5.74) is 4.67. The van der Waals surface area contributed by atoms with E-state index < -0.39 is 5.97 Å². The molecule has 0 aliphatic rings. The van der Waals surface area contributed by atoms with Gasteiger partial charge < -0.3 is 14.1 Å². The molecule has 0 radical (unpaired) electrons. The lowest BCUT2D eigenvalue weighted by Gasteiger charge is -2.14. The van der Waals surface area contributed by atoms with E-state index in [9.17, 15) is 14.4 Å². The molecule has 5 aromatic rings. The van der Waals surface area contributed by atoms with E-state index in [2.05, 4.69) is 10.5 Å². The zero-order valence-electron chi connectivity index (χ0n) is 18.3. The number of nitrogens with zero attached hydrogens (tertiary/aromatic N) is 2. The van der Waals surface area contributed by atoms with Crippen LogP contribution in [0.5, 0.6) is 0 Å². The number of hydrazone groups is 1. The Bertz CT molecular complexity index is 1600. The van der Waals surface area contributed by atoms with Crippen molar-refractivity contribution in [3.05, 3.63) is 106 Å². The highest BCUT2D eigenvalue weighted by atomic mass is 16.4. The second-order valence-corrected chi connectivity index (χ2v) is 7.83. The third-order valence-corrected chi connectivity index (χ3v) is 5.60. The molecule has 0 saturated heterocycles. The number of aromatic carboxylic acids is 1. The van der Waals surface area contributed by atoms with Crippen molar-refractivity contribution in [1.29, 1.82) is 0 Å². The van der Waals surface area contributed by atoms with E-state index in [0.717, 1.165) is 5.56 Å². The number of furan rings is 1. The summed E-state index contributed by atoms with van der Waals surface area (Å²) >= 11 is 0. The Hall–Kier alpha value is -4.98. The summed E-state index contributed by atoms with van der Waals surface area (Å²) in [6.45, 7) is -0.0298. The fourth-order valence-corrected chi connectivity index (χ4v) is 3.95. The van der Waals surface area contributed by atoms with Crippen molar-refractivity contribution in [1.82, 2.24) is 9.99 Å². The summed E-state index contributed by atoms with van der Waals surface area (Å²) in [5.74, 6) is -0.401. The van der Waals surface area contributed by atoms with E-state index in [1.807, 2.05) is 24.3 Å². The molecular formula is C27H19N3O5. The Balaban J connectivity index is 1.33. The predicted octanol–water partition coefficient (Wildman–Crippen LogP) is 4.26. The summed E-state index contributed by atoms with van der Waals surface area (Å²) in [6, 6.07) is 24.1. The highest BCUT2D eigenvalue weighted by Crippen LogP contribution is 2.22. The molecule has 2 heterocycles. The molecule has 0 bridgehead atoms. The number of nitrogens with one attached hydrogen (secondary N) is 1. The molecular weight excluding hydrogens is 446 g/mol. The molecule has 3 aromatic carbocycles. The normalized spacial score (nSPS) is 11.3. The van der Waals surface area contributed by atoms with E-state index in [1.54, 1.807) is 53.1 Å². The Morgan fingerprint density at radius 1 is 0.886 bits per heavy atom. The van der Waals surface area contributed by atoms with Crippen LogP contribution in [-0.2, 0) is 11.3 Å². The van der Waals surface area contributed by atoms with Crippen LogP contribution in [-0.4, -0.2) is 27.8 Å². The maximum atomic E-state index is 12.8. The predicted molar refractivity (Wildman–Crippen MR) is 133 cm³/mol. The number of para-hydroxylation sites is 2. The quantitative estimate of drug-likeness (QED) is 0.221. The number of rotatable bonds is 6. The highest BCUT2D eigenvalue weighted by Gasteiger charge is 2.12. The first kappa shape index (κ1) is 21.8. The maximum absolute atomic E-state index is 12.8.